The molecule has 0 saturated heterocycles. The number of halogens is 1. The maximum absolute atomic E-state index is 14.3. The molecular formula is C21H35FO4Si. The largest absolute Gasteiger partial charge is 0.464 e. The van der Waals surface area contributed by atoms with Gasteiger partial charge in [0.2, 0.25) is 0 Å². The molecule has 0 saturated carbocycles. The van der Waals surface area contributed by atoms with Gasteiger partial charge >= 0.3 is 5.97 Å². The summed E-state index contributed by atoms with van der Waals surface area (Å²) in [6.45, 7) is 16.8. The van der Waals surface area contributed by atoms with Crippen LogP contribution in [0.15, 0.2) is 18.2 Å². The van der Waals surface area contributed by atoms with E-state index in [-0.39, 0.29) is 23.6 Å². The van der Waals surface area contributed by atoms with Crippen molar-refractivity contribution in [2.75, 3.05) is 6.61 Å². The second-order valence-corrected chi connectivity index (χ2v) is 13.4. The lowest BCUT2D eigenvalue weighted by atomic mass is 10.0. The number of ether oxygens (including phenoxy) is 2. The van der Waals surface area contributed by atoms with Crippen molar-refractivity contribution in [1.29, 1.82) is 0 Å². The molecule has 0 spiro atoms. The maximum atomic E-state index is 14.3. The molecule has 0 aliphatic carbocycles. The van der Waals surface area contributed by atoms with Gasteiger partial charge in [-0.25, -0.2) is 9.18 Å². The predicted molar refractivity (Wildman–Crippen MR) is 109 cm³/mol. The van der Waals surface area contributed by atoms with Crippen molar-refractivity contribution in [2.45, 2.75) is 84.9 Å². The van der Waals surface area contributed by atoms with E-state index >= 15 is 0 Å². The fourth-order valence-electron chi connectivity index (χ4n) is 2.31. The normalized spacial score (nSPS) is 13.7. The van der Waals surface area contributed by atoms with Gasteiger partial charge in [-0.1, -0.05) is 32.9 Å². The average Bonchev–Trinajstić information content (AvgIpc) is 2.53. The lowest BCUT2D eigenvalue weighted by Gasteiger charge is -2.36. The van der Waals surface area contributed by atoms with Crippen LogP contribution in [0, 0.1) is 5.82 Å². The molecule has 0 bridgehead atoms. The van der Waals surface area contributed by atoms with Crippen molar-refractivity contribution in [3.05, 3.63) is 35.1 Å². The molecule has 1 rings (SSSR count). The maximum Gasteiger partial charge on any atom is 0.335 e. The van der Waals surface area contributed by atoms with Gasteiger partial charge < -0.3 is 13.9 Å². The zero-order valence-corrected chi connectivity index (χ0v) is 19.0. The van der Waals surface area contributed by atoms with Crippen molar-refractivity contribution < 1.29 is 23.1 Å². The molecule has 1 unspecified atom stereocenters. The summed E-state index contributed by atoms with van der Waals surface area (Å²) in [6, 6.07) is 4.87. The first-order valence-corrected chi connectivity index (χ1v) is 12.5. The van der Waals surface area contributed by atoms with Crippen LogP contribution in [-0.4, -0.2) is 33.1 Å². The van der Waals surface area contributed by atoms with Crippen molar-refractivity contribution in [2.24, 2.45) is 0 Å². The first-order valence-electron chi connectivity index (χ1n) is 9.60. The average molecular weight is 399 g/mol. The quantitative estimate of drug-likeness (QED) is 0.421. The minimum Gasteiger partial charge on any atom is -0.464 e. The van der Waals surface area contributed by atoms with Gasteiger partial charge in [-0.2, -0.15) is 0 Å². The fourth-order valence-corrected chi connectivity index (χ4v) is 3.25. The smallest absolute Gasteiger partial charge is 0.335 e. The van der Waals surface area contributed by atoms with Crippen molar-refractivity contribution >= 4 is 14.3 Å². The second kappa shape index (κ2) is 9.80. The Kier molecular flexibility index (Phi) is 8.64. The molecule has 0 amide bonds. The van der Waals surface area contributed by atoms with Gasteiger partial charge in [-0.15, -0.1) is 0 Å². The van der Waals surface area contributed by atoms with Crippen LogP contribution >= 0.6 is 0 Å². The highest BCUT2D eigenvalue weighted by molar-refractivity contribution is 6.74. The van der Waals surface area contributed by atoms with E-state index < -0.39 is 20.4 Å². The number of carbonyl (C=O) groups excluding carboxylic acids is 1. The molecule has 4 nitrogen and oxygen atoms in total. The zero-order chi connectivity index (χ0) is 20.8. The minimum atomic E-state index is -1.98. The van der Waals surface area contributed by atoms with Crippen molar-refractivity contribution in [3.63, 3.8) is 0 Å². The Morgan fingerprint density at radius 2 is 1.85 bits per heavy atom. The highest BCUT2D eigenvalue weighted by atomic mass is 28.4. The molecule has 1 aromatic rings. The van der Waals surface area contributed by atoms with Gasteiger partial charge in [-0.05, 0) is 50.5 Å². The summed E-state index contributed by atoms with van der Waals surface area (Å²) in [6.07, 6.45) is -0.476. The summed E-state index contributed by atoms with van der Waals surface area (Å²) in [5.41, 5.74) is 1.33. The highest BCUT2D eigenvalue weighted by Crippen LogP contribution is 2.37. The monoisotopic (exact) mass is 398 g/mol. The summed E-state index contributed by atoms with van der Waals surface area (Å²) >= 11 is 0. The number of hydrogen-bond acceptors (Lipinski definition) is 4. The first-order chi connectivity index (χ1) is 12.4. The summed E-state index contributed by atoms with van der Waals surface area (Å²) in [7, 11) is -1.98. The van der Waals surface area contributed by atoms with Crippen LogP contribution in [0.3, 0.4) is 0 Å². The van der Waals surface area contributed by atoms with Crippen molar-refractivity contribution in [1.82, 2.24) is 0 Å². The van der Waals surface area contributed by atoms with E-state index in [0.29, 0.717) is 18.6 Å². The van der Waals surface area contributed by atoms with E-state index in [9.17, 15) is 9.18 Å². The molecule has 0 radical (unpaired) electrons. The predicted octanol–water partition coefficient (Wildman–Crippen LogP) is 5.25. The fraction of sp³-hybridized carbons (Fsp3) is 0.667. The SMILES string of the molecule is CCOC(=O)C(Cc1ccc(F)c(CO[Si](C)(C)C(C)(C)C)c1)OC(C)C. The first kappa shape index (κ1) is 23.8. The van der Waals surface area contributed by atoms with Gasteiger partial charge in [0.15, 0.2) is 14.4 Å². The summed E-state index contributed by atoms with van der Waals surface area (Å²) < 4.78 is 31.2. The van der Waals surface area contributed by atoms with E-state index in [2.05, 4.69) is 33.9 Å². The van der Waals surface area contributed by atoms with Gasteiger partial charge in [0, 0.05) is 12.0 Å². The standard InChI is InChI=1S/C21H35FO4Si/c1-9-24-20(23)19(26-15(2)3)13-16-10-11-18(22)17(12-16)14-25-27(7,8)21(4,5)6/h10-12,15,19H,9,13-14H2,1-8H3. The number of carbonyl (C=O) groups is 1. The molecule has 1 atom stereocenters. The Labute approximate surface area is 164 Å². The van der Waals surface area contributed by atoms with Crippen LogP contribution in [0.1, 0.15) is 52.7 Å². The van der Waals surface area contributed by atoms with E-state index in [1.807, 2.05) is 13.8 Å². The van der Waals surface area contributed by atoms with Gasteiger partial charge in [0.25, 0.3) is 0 Å². The third-order valence-electron chi connectivity index (χ3n) is 4.91. The Hall–Kier alpha value is -1.24. The second-order valence-electron chi connectivity index (χ2n) is 8.60. The molecule has 0 N–H and O–H groups in total. The third kappa shape index (κ3) is 7.35. The summed E-state index contributed by atoms with van der Waals surface area (Å²) in [5, 5.41) is 0.0567. The Bertz CT molecular complexity index is 623. The molecule has 27 heavy (non-hydrogen) atoms. The van der Waals surface area contributed by atoms with Crippen LogP contribution in [0.5, 0.6) is 0 Å². The van der Waals surface area contributed by atoms with Gasteiger partial charge in [0.05, 0.1) is 19.3 Å². The molecular weight excluding hydrogens is 363 g/mol. The van der Waals surface area contributed by atoms with E-state index in [1.165, 1.54) is 6.07 Å². The lowest BCUT2D eigenvalue weighted by molar-refractivity contribution is -0.159. The Morgan fingerprint density at radius 3 is 2.37 bits per heavy atom. The van der Waals surface area contributed by atoms with Crippen LogP contribution in [0.4, 0.5) is 4.39 Å². The number of benzene rings is 1. The Balaban J connectivity index is 2.94. The summed E-state index contributed by atoms with van der Waals surface area (Å²) in [5.74, 6) is -0.690. The highest BCUT2D eigenvalue weighted by Gasteiger charge is 2.37. The lowest BCUT2D eigenvalue weighted by Crippen LogP contribution is -2.40. The minimum absolute atomic E-state index is 0.0567. The van der Waals surface area contributed by atoms with Crippen LogP contribution in [-0.2, 0) is 31.7 Å². The molecule has 154 valence electrons. The number of esters is 1. The molecule has 0 fully saturated rings. The Morgan fingerprint density at radius 1 is 1.22 bits per heavy atom. The molecule has 0 aliphatic heterocycles. The molecule has 6 heteroatoms. The van der Waals surface area contributed by atoms with E-state index in [0.717, 1.165) is 5.56 Å². The molecule has 0 aliphatic rings. The van der Waals surface area contributed by atoms with E-state index in [4.69, 9.17) is 13.9 Å². The van der Waals surface area contributed by atoms with Crippen LogP contribution in [0.25, 0.3) is 0 Å². The number of hydrogen-bond donors (Lipinski definition) is 0. The van der Waals surface area contributed by atoms with Crippen molar-refractivity contribution in [3.8, 4) is 0 Å². The molecule has 0 aromatic heterocycles. The third-order valence-corrected chi connectivity index (χ3v) is 9.39. The summed E-state index contributed by atoms with van der Waals surface area (Å²) in [4.78, 5) is 12.2. The van der Waals surface area contributed by atoms with Crippen LogP contribution in [0.2, 0.25) is 18.1 Å². The van der Waals surface area contributed by atoms with Gasteiger partial charge in [0.1, 0.15) is 5.82 Å². The number of rotatable bonds is 9. The molecule has 0 heterocycles. The zero-order valence-electron chi connectivity index (χ0n) is 18.0. The van der Waals surface area contributed by atoms with E-state index in [1.54, 1.807) is 19.1 Å². The van der Waals surface area contributed by atoms with Gasteiger partial charge in [-0.3, -0.25) is 0 Å². The molecule has 1 aromatic carbocycles. The topological polar surface area (TPSA) is 44.8 Å². The van der Waals surface area contributed by atoms with Crippen LogP contribution < -0.4 is 0 Å².